The first-order valence-electron chi connectivity index (χ1n) is 5.15. The van der Waals surface area contributed by atoms with E-state index in [9.17, 15) is 9.59 Å². The van der Waals surface area contributed by atoms with Crippen molar-refractivity contribution in [1.29, 1.82) is 0 Å². The number of pyridine rings is 1. The Morgan fingerprint density at radius 1 is 1.50 bits per heavy atom. The SMILES string of the molecule is CCCCOC(=O)Cn1cc(Cl)ccc1=O. The number of hydrogen-bond acceptors (Lipinski definition) is 3. The number of unbranched alkanes of at least 4 members (excludes halogenated alkanes) is 1. The highest BCUT2D eigenvalue weighted by Crippen LogP contribution is 2.03. The van der Waals surface area contributed by atoms with Gasteiger partial charge in [0.15, 0.2) is 0 Å². The van der Waals surface area contributed by atoms with Crippen LogP contribution in [0.15, 0.2) is 23.1 Å². The highest BCUT2D eigenvalue weighted by molar-refractivity contribution is 6.30. The second kappa shape index (κ2) is 6.33. The largest absolute Gasteiger partial charge is 0.464 e. The fraction of sp³-hybridized carbons (Fsp3) is 0.455. The second-order valence-electron chi connectivity index (χ2n) is 3.39. The minimum absolute atomic E-state index is 0.0941. The van der Waals surface area contributed by atoms with Gasteiger partial charge in [-0.1, -0.05) is 24.9 Å². The van der Waals surface area contributed by atoms with Crippen molar-refractivity contribution >= 4 is 17.6 Å². The molecule has 0 radical (unpaired) electrons. The standard InChI is InChI=1S/C11H14ClNO3/c1-2-3-6-16-11(15)8-13-7-9(12)4-5-10(13)14/h4-5,7H,2-3,6,8H2,1H3. The van der Waals surface area contributed by atoms with Crippen molar-refractivity contribution in [3.05, 3.63) is 33.7 Å². The van der Waals surface area contributed by atoms with Gasteiger partial charge in [-0.3, -0.25) is 9.59 Å². The molecule has 0 unspecified atom stereocenters. The van der Waals surface area contributed by atoms with Gasteiger partial charge in [0.05, 0.1) is 11.6 Å². The molecule has 0 amide bonds. The van der Waals surface area contributed by atoms with Crippen molar-refractivity contribution in [3.8, 4) is 0 Å². The maximum atomic E-state index is 11.3. The van der Waals surface area contributed by atoms with Crippen LogP contribution in [0.3, 0.4) is 0 Å². The van der Waals surface area contributed by atoms with Gasteiger partial charge >= 0.3 is 5.97 Å². The highest BCUT2D eigenvalue weighted by atomic mass is 35.5. The zero-order valence-electron chi connectivity index (χ0n) is 9.11. The van der Waals surface area contributed by atoms with Crippen LogP contribution in [0.2, 0.25) is 5.02 Å². The first-order chi connectivity index (χ1) is 7.63. The zero-order valence-corrected chi connectivity index (χ0v) is 9.87. The Balaban J connectivity index is 2.56. The van der Waals surface area contributed by atoms with E-state index in [1.54, 1.807) is 0 Å². The van der Waals surface area contributed by atoms with E-state index in [0.717, 1.165) is 12.8 Å². The average molecular weight is 244 g/mol. The molecule has 0 N–H and O–H groups in total. The molecule has 16 heavy (non-hydrogen) atoms. The molecule has 0 spiro atoms. The molecular weight excluding hydrogens is 230 g/mol. The van der Waals surface area contributed by atoms with E-state index in [-0.39, 0.29) is 12.1 Å². The van der Waals surface area contributed by atoms with Gasteiger partial charge in [-0.25, -0.2) is 0 Å². The Morgan fingerprint density at radius 2 is 2.25 bits per heavy atom. The van der Waals surface area contributed by atoms with Crippen LogP contribution in [0, 0.1) is 0 Å². The fourth-order valence-corrected chi connectivity index (χ4v) is 1.32. The smallest absolute Gasteiger partial charge is 0.326 e. The molecule has 0 atom stereocenters. The van der Waals surface area contributed by atoms with Crippen molar-refractivity contribution < 1.29 is 9.53 Å². The summed E-state index contributed by atoms with van der Waals surface area (Å²) in [4.78, 5) is 22.7. The van der Waals surface area contributed by atoms with Gasteiger partial charge < -0.3 is 9.30 Å². The number of nitrogens with zero attached hydrogens (tertiary/aromatic N) is 1. The molecule has 1 rings (SSSR count). The summed E-state index contributed by atoms with van der Waals surface area (Å²) in [6, 6.07) is 2.81. The van der Waals surface area contributed by atoms with Crippen molar-refractivity contribution in [2.75, 3.05) is 6.61 Å². The number of hydrogen-bond donors (Lipinski definition) is 0. The molecule has 88 valence electrons. The summed E-state index contributed by atoms with van der Waals surface area (Å²) in [5, 5.41) is 0.418. The van der Waals surface area contributed by atoms with Gasteiger partial charge in [-0.2, -0.15) is 0 Å². The summed E-state index contributed by atoms with van der Waals surface area (Å²) in [5.74, 6) is -0.419. The van der Waals surface area contributed by atoms with Crippen molar-refractivity contribution in [3.63, 3.8) is 0 Å². The first kappa shape index (κ1) is 12.8. The topological polar surface area (TPSA) is 48.3 Å². The Morgan fingerprint density at radius 3 is 2.94 bits per heavy atom. The minimum Gasteiger partial charge on any atom is -0.464 e. The van der Waals surface area contributed by atoms with Crippen LogP contribution in [0.25, 0.3) is 0 Å². The average Bonchev–Trinajstić information content (AvgIpc) is 2.24. The van der Waals surface area contributed by atoms with E-state index in [1.165, 1.54) is 22.9 Å². The Kier molecular flexibility index (Phi) is 5.05. The van der Waals surface area contributed by atoms with Crippen molar-refractivity contribution in [2.24, 2.45) is 0 Å². The normalized spacial score (nSPS) is 10.1. The van der Waals surface area contributed by atoms with Crippen LogP contribution < -0.4 is 5.56 Å². The Hall–Kier alpha value is -1.29. The number of ether oxygens (including phenoxy) is 1. The summed E-state index contributed by atoms with van der Waals surface area (Å²) >= 11 is 5.72. The van der Waals surface area contributed by atoms with Crippen molar-refractivity contribution in [2.45, 2.75) is 26.3 Å². The Labute approximate surface area is 98.8 Å². The van der Waals surface area contributed by atoms with E-state index in [1.807, 2.05) is 6.92 Å². The third-order valence-corrected chi connectivity index (χ3v) is 2.23. The van der Waals surface area contributed by atoms with E-state index >= 15 is 0 Å². The predicted octanol–water partition coefficient (Wildman–Crippen LogP) is 1.85. The van der Waals surface area contributed by atoms with Crippen LogP contribution in [0.1, 0.15) is 19.8 Å². The molecule has 0 aliphatic carbocycles. The number of halogens is 1. The van der Waals surface area contributed by atoms with Crippen LogP contribution in [-0.4, -0.2) is 17.1 Å². The Bertz CT molecular complexity index is 414. The van der Waals surface area contributed by atoms with Gasteiger partial charge in [0, 0.05) is 12.3 Å². The van der Waals surface area contributed by atoms with E-state index in [2.05, 4.69) is 0 Å². The maximum Gasteiger partial charge on any atom is 0.326 e. The molecule has 1 aromatic rings. The molecule has 4 nitrogen and oxygen atoms in total. The molecule has 0 saturated carbocycles. The van der Waals surface area contributed by atoms with Gasteiger partial charge in [0.25, 0.3) is 5.56 Å². The quantitative estimate of drug-likeness (QED) is 0.586. The molecular formula is C11H14ClNO3. The number of rotatable bonds is 5. The second-order valence-corrected chi connectivity index (χ2v) is 3.82. The van der Waals surface area contributed by atoms with Crippen molar-refractivity contribution in [1.82, 2.24) is 4.57 Å². The number of esters is 1. The lowest BCUT2D eigenvalue weighted by molar-refractivity contribution is -0.144. The molecule has 0 fully saturated rings. The molecule has 1 heterocycles. The van der Waals surface area contributed by atoms with Gasteiger partial charge in [0.2, 0.25) is 0 Å². The van der Waals surface area contributed by atoms with E-state index in [4.69, 9.17) is 16.3 Å². The summed E-state index contributed by atoms with van der Waals surface area (Å²) in [5.41, 5.74) is -0.267. The lowest BCUT2D eigenvalue weighted by Crippen LogP contribution is -2.24. The summed E-state index contributed by atoms with van der Waals surface area (Å²) < 4.78 is 6.17. The number of carbonyl (C=O) groups excluding carboxylic acids is 1. The number of aromatic nitrogens is 1. The van der Waals surface area contributed by atoms with Crippen LogP contribution in [0.4, 0.5) is 0 Å². The minimum atomic E-state index is -0.419. The summed E-state index contributed by atoms with van der Waals surface area (Å²) in [6.07, 6.45) is 3.21. The molecule has 0 aromatic carbocycles. The molecule has 0 bridgehead atoms. The lowest BCUT2D eigenvalue weighted by atomic mass is 10.4. The van der Waals surface area contributed by atoms with Crippen LogP contribution in [0.5, 0.6) is 0 Å². The summed E-state index contributed by atoms with van der Waals surface area (Å²) in [6.45, 7) is 2.31. The third-order valence-electron chi connectivity index (χ3n) is 2.01. The number of carbonyl (C=O) groups is 1. The first-order valence-corrected chi connectivity index (χ1v) is 5.53. The molecule has 5 heteroatoms. The lowest BCUT2D eigenvalue weighted by Gasteiger charge is -2.06. The predicted molar refractivity (Wildman–Crippen MR) is 61.6 cm³/mol. The zero-order chi connectivity index (χ0) is 12.0. The third kappa shape index (κ3) is 4.06. The monoisotopic (exact) mass is 243 g/mol. The summed E-state index contributed by atoms with van der Waals surface area (Å²) in [7, 11) is 0. The van der Waals surface area contributed by atoms with Gasteiger partial charge in [-0.15, -0.1) is 0 Å². The molecule has 0 saturated heterocycles. The van der Waals surface area contributed by atoms with Gasteiger partial charge in [-0.05, 0) is 12.5 Å². The van der Waals surface area contributed by atoms with E-state index < -0.39 is 5.97 Å². The van der Waals surface area contributed by atoms with Crippen LogP contribution >= 0.6 is 11.6 Å². The van der Waals surface area contributed by atoms with E-state index in [0.29, 0.717) is 11.6 Å². The van der Waals surface area contributed by atoms with Crippen LogP contribution in [-0.2, 0) is 16.1 Å². The fourth-order valence-electron chi connectivity index (χ4n) is 1.14. The van der Waals surface area contributed by atoms with Gasteiger partial charge in [0.1, 0.15) is 6.54 Å². The molecule has 0 aliphatic heterocycles. The maximum absolute atomic E-state index is 11.3. The molecule has 1 aromatic heterocycles. The molecule has 0 aliphatic rings. The highest BCUT2D eigenvalue weighted by Gasteiger charge is 2.05.